The number of fused-ring (bicyclic) bond motifs is 2. The number of pyridine rings is 1. The van der Waals surface area contributed by atoms with E-state index >= 15 is 0 Å². The number of rotatable bonds is 8. The summed E-state index contributed by atoms with van der Waals surface area (Å²) in [4.78, 5) is 43.9. The largest absolute Gasteiger partial charge is 0.444 e. The second-order valence-corrected chi connectivity index (χ2v) is 15.9. The van der Waals surface area contributed by atoms with Crippen molar-refractivity contribution < 1.29 is 14.3 Å². The number of aromatic nitrogens is 3. The summed E-state index contributed by atoms with van der Waals surface area (Å²) in [6.45, 7) is 9.07. The second-order valence-electron chi connectivity index (χ2n) is 14.6. The van der Waals surface area contributed by atoms with Crippen LogP contribution < -0.4 is 0 Å². The van der Waals surface area contributed by atoms with Crippen LogP contribution in [0, 0.1) is 5.92 Å². The number of carbonyl (C=O) groups is 2. The molecule has 6 rings (SSSR count). The van der Waals surface area contributed by atoms with Gasteiger partial charge >= 0.3 is 6.09 Å². The van der Waals surface area contributed by atoms with E-state index in [9.17, 15) is 9.59 Å². The van der Waals surface area contributed by atoms with Crippen molar-refractivity contribution in [1.29, 1.82) is 0 Å². The molecule has 2 aromatic heterocycles. The molecule has 48 heavy (non-hydrogen) atoms. The molecule has 0 spiro atoms. The van der Waals surface area contributed by atoms with Gasteiger partial charge in [-0.05, 0) is 110 Å². The van der Waals surface area contributed by atoms with Crippen LogP contribution >= 0.6 is 27.5 Å². The molecule has 1 aromatic carbocycles. The Labute approximate surface area is 298 Å². The summed E-state index contributed by atoms with van der Waals surface area (Å²) in [7, 11) is 0. The van der Waals surface area contributed by atoms with E-state index in [4.69, 9.17) is 21.3 Å². The molecule has 2 atom stereocenters. The number of nitrogens with zero attached hydrogens (tertiary/aromatic N) is 6. The van der Waals surface area contributed by atoms with Crippen molar-refractivity contribution in [2.75, 3.05) is 32.7 Å². The quantitative estimate of drug-likeness (QED) is 0.241. The highest BCUT2D eigenvalue weighted by Gasteiger charge is 2.43. The zero-order valence-electron chi connectivity index (χ0n) is 28.4. The SMILES string of the molecule is CC(C)(C)OC(=O)N1CCN(C2c3ccc(Cl)cc3CCc3cc(Br)cnc32)C[C@@H]1C(=O)N(CCCn1ccnc1)CC1CCCCC1. The lowest BCUT2D eigenvalue weighted by Crippen LogP contribution is -2.62. The standard InChI is InChI=1S/C37H48BrClN6O3/c1-37(2,3)48-36(47)45-19-18-43(34-31-13-12-30(39)21-27(31)10-11-28-20-29(38)22-41-33(28)34)24-32(45)35(46)44(23-26-8-5-4-6-9-26)16-7-15-42-17-14-40-25-42/h12-14,17,20-22,25-26,32,34H,4-11,15-16,18-19,23-24H2,1-3H3/t32-,34?/m1/s1. The van der Waals surface area contributed by atoms with E-state index in [1.165, 1.54) is 30.4 Å². The van der Waals surface area contributed by atoms with Crippen LogP contribution in [0.4, 0.5) is 4.79 Å². The third kappa shape index (κ3) is 8.43. The Morgan fingerprint density at radius 2 is 1.88 bits per heavy atom. The number of amides is 2. The van der Waals surface area contributed by atoms with E-state index in [1.54, 1.807) is 11.1 Å². The molecule has 11 heteroatoms. The van der Waals surface area contributed by atoms with Crippen LogP contribution in [0.15, 0.2) is 53.7 Å². The number of aryl methyl sites for hydroxylation is 3. The second kappa shape index (κ2) is 15.3. The number of carbonyl (C=O) groups excluding carboxylic acids is 2. The van der Waals surface area contributed by atoms with Gasteiger partial charge in [-0.15, -0.1) is 0 Å². The van der Waals surface area contributed by atoms with Crippen molar-refractivity contribution in [2.45, 2.75) is 96.4 Å². The predicted molar refractivity (Wildman–Crippen MR) is 191 cm³/mol. The molecule has 1 saturated heterocycles. The summed E-state index contributed by atoms with van der Waals surface area (Å²) in [6, 6.07) is 7.42. The third-order valence-corrected chi connectivity index (χ3v) is 10.6. The zero-order valence-corrected chi connectivity index (χ0v) is 30.8. The maximum absolute atomic E-state index is 14.9. The van der Waals surface area contributed by atoms with Crippen molar-refractivity contribution in [1.82, 2.24) is 29.2 Å². The van der Waals surface area contributed by atoms with E-state index in [-0.39, 0.29) is 11.9 Å². The van der Waals surface area contributed by atoms with Gasteiger partial charge in [0, 0.05) is 67.4 Å². The molecule has 3 aromatic rings. The van der Waals surface area contributed by atoms with Gasteiger partial charge in [0.15, 0.2) is 0 Å². The first kappa shape index (κ1) is 34.9. The monoisotopic (exact) mass is 738 g/mol. The van der Waals surface area contributed by atoms with Crippen LogP contribution in [0.2, 0.25) is 5.02 Å². The molecule has 2 fully saturated rings. The first-order valence-corrected chi connectivity index (χ1v) is 18.6. The molecular weight excluding hydrogens is 692 g/mol. The van der Waals surface area contributed by atoms with Crippen molar-refractivity contribution in [3.63, 3.8) is 0 Å². The lowest BCUT2D eigenvalue weighted by molar-refractivity contribution is -0.140. The van der Waals surface area contributed by atoms with E-state index in [0.29, 0.717) is 43.7 Å². The first-order valence-electron chi connectivity index (χ1n) is 17.5. The Bertz CT molecular complexity index is 1520. The Balaban J connectivity index is 1.34. The topological polar surface area (TPSA) is 83.8 Å². The Hall–Kier alpha value is -2.95. The molecule has 3 aliphatic rings. The maximum atomic E-state index is 14.9. The van der Waals surface area contributed by atoms with Crippen LogP contribution in [-0.4, -0.2) is 85.6 Å². The summed E-state index contributed by atoms with van der Waals surface area (Å²) >= 11 is 10.1. The molecule has 1 unspecified atom stereocenters. The summed E-state index contributed by atoms with van der Waals surface area (Å²) in [5, 5.41) is 0.712. The molecular formula is C37H48BrClN6O3. The highest BCUT2D eigenvalue weighted by atomic mass is 79.9. The minimum atomic E-state index is -0.691. The Kier molecular flexibility index (Phi) is 11.1. The molecule has 2 amide bonds. The number of benzene rings is 1. The smallest absolute Gasteiger partial charge is 0.411 e. The lowest BCUT2D eigenvalue weighted by Gasteiger charge is -2.45. The molecule has 1 saturated carbocycles. The predicted octanol–water partition coefficient (Wildman–Crippen LogP) is 7.30. The molecule has 9 nitrogen and oxygen atoms in total. The van der Waals surface area contributed by atoms with Gasteiger partial charge in [0.25, 0.3) is 0 Å². The summed E-state index contributed by atoms with van der Waals surface area (Å²) in [5.74, 6) is 0.467. The number of ether oxygens (including phenoxy) is 1. The van der Waals surface area contributed by atoms with E-state index in [0.717, 1.165) is 54.4 Å². The fourth-order valence-corrected chi connectivity index (χ4v) is 8.19. The average Bonchev–Trinajstić information content (AvgIpc) is 3.52. The van der Waals surface area contributed by atoms with E-state index in [2.05, 4.69) is 48.6 Å². The molecule has 258 valence electrons. The van der Waals surface area contributed by atoms with Crippen molar-refractivity contribution in [2.24, 2.45) is 5.92 Å². The van der Waals surface area contributed by atoms with Crippen LogP contribution in [0.25, 0.3) is 0 Å². The summed E-state index contributed by atoms with van der Waals surface area (Å²) in [6.07, 6.45) is 15.4. The Morgan fingerprint density at radius 3 is 2.62 bits per heavy atom. The number of hydrogen-bond donors (Lipinski definition) is 0. The molecule has 0 N–H and O–H groups in total. The fourth-order valence-electron chi connectivity index (χ4n) is 7.62. The van der Waals surface area contributed by atoms with Gasteiger partial charge < -0.3 is 14.2 Å². The van der Waals surface area contributed by atoms with Gasteiger partial charge in [-0.25, -0.2) is 9.78 Å². The fraction of sp³-hybridized carbons (Fsp3) is 0.568. The minimum absolute atomic E-state index is 0.00398. The maximum Gasteiger partial charge on any atom is 0.411 e. The lowest BCUT2D eigenvalue weighted by atomic mass is 9.88. The minimum Gasteiger partial charge on any atom is -0.444 e. The number of halogens is 2. The third-order valence-electron chi connectivity index (χ3n) is 9.90. The van der Waals surface area contributed by atoms with Crippen molar-refractivity contribution >= 4 is 39.5 Å². The highest BCUT2D eigenvalue weighted by molar-refractivity contribution is 9.10. The number of imidazole rings is 1. The van der Waals surface area contributed by atoms with Gasteiger partial charge in [-0.3, -0.25) is 19.6 Å². The van der Waals surface area contributed by atoms with Crippen LogP contribution in [0.5, 0.6) is 0 Å². The zero-order chi connectivity index (χ0) is 33.8. The number of piperazine rings is 1. The van der Waals surface area contributed by atoms with Crippen LogP contribution in [0.3, 0.4) is 0 Å². The van der Waals surface area contributed by atoms with Crippen molar-refractivity contribution in [3.05, 3.63) is 81.1 Å². The first-order chi connectivity index (χ1) is 23.1. The van der Waals surface area contributed by atoms with Crippen LogP contribution in [-0.2, 0) is 28.9 Å². The normalized spacial score (nSPS) is 20.5. The molecule has 3 heterocycles. The van der Waals surface area contributed by atoms with Crippen LogP contribution in [0.1, 0.15) is 87.7 Å². The molecule has 2 aliphatic carbocycles. The van der Waals surface area contributed by atoms with E-state index < -0.39 is 17.7 Å². The van der Waals surface area contributed by atoms with Crippen molar-refractivity contribution in [3.8, 4) is 0 Å². The van der Waals surface area contributed by atoms with Gasteiger partial charge in [-0.1, -0.05) is 36.9 Å². The number of hydrogen-bond acceptors (Lipinski definition) is 6. The summed E-state index contributed by atoms with van der Waals surface area (Å²) in [5.41, 5.74) is 3.85. The van der Waals surface area contributed by atoms with E-state index in [1.807, 2.05) is 50.5 Å². The molecule has 0 bridgehead atoms. The Morgan fingerprint density at radius 1 is 1.08 bits per heavy atom. The summed E-state index contributed by atoms with van der Waals surface area (Å²) < 4.78 is 8.91. The molecule has 1 aliphatic heterocycles. The van der Waals surface area contributed by atoms with Gasteiger partial charge in [0.05, 0.1) is 18.1 Å². The molecule has 0 radical (unpaired) electrons. The van der Waals surface area contributed by atoms with Gasteiger partial charge in [0.2, 0.25) is 5.91 Å². The average molecular weight is 740 g/mol. The van der Waals surface area contributed by atoms with Gasteiger partial charge in [-0.2, -0.15) is 0 Å². The highest BCUT2D eigenvalue weighted by Crippen LogP contribution is 2.39. The van der Waals surface area contributed by atoms with Gasteiger partial charge in [0.1, 0.15) is 11.6 Å².